The van der Waals surface area contributed by atoms with Gasteiger partial charge in [-0.3, -0.25) is 14.6 Å². The molecule has 3 rings (SSSR count). The molecule has 1 saturated heterocycles. The standard InChI is InChI=1S/C18H21F3N2O5S/c1-10(18(19,20)21)28-15-4-13(23-7-12(15)11-2-3-11)14(24)5-17(6-16(22)25)8-29(26,27)9-17/h4,7,10-11H,2-3,5-6,8-9H2,1H3,(H2,22,25)/t10-/m0/s1. The van der Waals surface area contributed by atoms with Crippen LogP contribution in [0.15, 0.2) is 12.3 Å². The normalized spacial score (nSPS) is 21.1. The highest BCUT2D eigenvalue weighted by molar-refractivity contribution is 7.92. The van der Waals surface area contributed by atoms with E-state index in [0.29, 0.717) is 5.56 Å². The molecule has 0 aromatic carbocycles. The van der Waals surface area contributed by atoms with E-state index in [2.05, 4.69) is 4.98 Å². The smallest absolute Gasteiger partial charge is 0.425 e. The Bertz CT molecular complexity index is 929. The summed E-state index contributed by atoms with van der Waals surface area (Å²) >= 11 is 0. The fourth-order valence-electron chi connectivity index (χ4n) is 3.62. The Morgan fingerprint density at radius 3 is 2.41 bits per heavy atom. The number of ketones is 1. The monoisotopic (exact) mass is 434 g/mol. The summed E-state index contributed by atoms with van der Waals surface area (Å²) in [6.45, 7) is 0.875. The summed E-state index contributed by atoms with van der Waals surface area (Å²) in [6, 6.07) is 1.17. The number of aromatic nitrogens is 1. The van der Waals surface area contributed by atoms with E-state index in [1.54, 1.807) is 0 Å². The summed E-state index contributed by atoms with van der Waals surface area (Å²) in [5.74, 6) is -2.01. The van der Waals surface area contributed by atoms with E-state index >= 15 is 0 Å². The molecule has 2 fully saturated rings. The summed E-state index contributed by atoms with van der Waals surface area (Å²) in [4.78, 5) is 28.0. The first-order valence-corrected chi connectivity index (χ1v) is 10.9. The summed E-state index contributed by atoms with van der Waals surface area (Å²) in [6.07, 6.45) is -4.27. The lowest BCUT2D eigenvalue weighted by Gasteiger charge is -2.39. The summed E-state index contributed by atoms with van der Waals surface area (Å²) < 4.78 is 67.0. The van der Waals surface area contributed by atoms with Crippen LogP contribution in [-0.2, 0) is 14.6 Å². The fraction of sp³-hybridized carbons (Fsp3) is 0.611. The van der Waals surface area contributed by atoms with Crippen LogP contribution in [0.3, 0.4) is 0 Å². The SMILES string of the molecule is C[C@H](Oc1cc(C(=O)CC2(CC(N)=O)CS(=O)(=O)C2)ncc1C1CC1)C(F)(F)F. The van der Waals surface area contributed by atoms with Gasteiger partial charge in [0.25, 0.3) is 0 Å². The topological polar surface area (TPSA) is 116 Å². The maximum Gasteiger partial charge on any atom is 0.425 e. The number of pyridine rings is 1. The highest BCUT2D eigenvalue weighted by Crippen LogP contribution is 2.45. The number of amides is 1. The van der Waals surface area contributed by atoms with E-state index in [1.165, 1.54) is 12.3 Å². The minimum absolute atomic E-state index is 0.0417. The van der Waals surface area contributed by atoms with E-state index in [0.717, 1.165) is 19.8 Å². The maximum atomic E-state index is 12.9. The van der Waals surface area contributed by atoms with Crippen molar-refractivity contribution in [2.24, 2.45) is 11.1 Å². The highest BCUT2D eigenvalue weighted by atomic mass is 32.2. The second-order valence-electron chi connectivity index (χ2n) is 7.96. The third kappa shape index (κ3) is 5.06. The lowest BCUT2D eigenvalue weighted by molar-refractivity contribution is -0.189. The Morgan fingerprint density at radius 1 is 1.31 bits per heavy atom. The van der Waals surface area contributed by atoms with Crippen LogP contribution in [0.1, 0.15) is 54.6 Å². The van der Waals surface area contributed by atoms with Gasteiger partial charge in [-0.05, 0) is 25.7 Å². The van der Waals surface area contributed by atoms with Crippen LogP contribution in [0, 0.1) is 5.41 Å². The van der Waals surface area contributed by atoms with Crippen LogP contribution >= 0.6 is 0 Å². The molecule has 1 aliphatic carbocycles. The largest absolute Gasteiger partial charge is 0.481 e. The molecular formula is C18H21F3N2O5S. The average molecular weight is 434 g/mol. The van der Waals surface area contributed by atoms with Gasteiger partial charge in [0.1, 0.15) is 11.4 Å². The number of nitrogens with zero attached hydrogens (tertiary/aromatic N) is 1. The second kappa shape index (κ2) is 7.26. The third-order valence-electron chi connectivity index (χ3n) is 5.10. The minimum atomic E-state index is -4.57. The Kier molecular flexibility index (Phi) is 5.39. The molecule has 7 nitrogen and oxygen atoms in total. The van der Waals surface area contributed by atoms with Crippen molar-refractivity contribution in [1.29, 1.82) is 0 Å². The van der Waals surface area contributed by atoms with Crippen molar-refractivity contribution in [3.8, 4) is 5.75 Å². The Morgan fingerprint density at radius 2 is 1.93 bits per heavy atom. The number of Topliss-reactive ketones (excluding diaryl/α,β-unsaturated/α-hetero) is 1. The molecule has 0 bridgehead atoms. The van der Waals surface area contributed by atoms with Crippen molar-refractivity contribution in [2.75, 3.05) is 11.5 Å². The zero-order chi connectivity index (χ0) is 21.6. The predicted molar refractivity (Wildman–Crippen MR) is 96.2 cm³/mol. The van der Waals surface area contributed by atoms with Gasteiger partial charge in [-0.15, -0.1) is 0 Å². The van der Waals surface area contributed by atoms with Crippen LogP contribution in [0.25, 0.3) is 0 Å². The molecule has 1 aromatic heterocycles. The molecule has 0 unspecified atom stereocenters. The highest BCUT2D eigenvalue weighted by Gasteiger charge is 2.50. The van der Waals surface area contributed by atoms with E-state index < -0.39 is 39.2 Å². The van der Waals surface area contributed by atoms with Crippen molar-refractivity contribution < 1.29 is 35.9 Å². The molecule has 1 atom stereocenters. The molecule has 1 saturated carbocycles. The van der Waals surface area contributed by atoms with Gasteiger partial charge in [0.05, 0.1) is 11.5 Å². The van der Waals surface area contributed by atoms with Crippen LogP contribution in [0.2, 0.25) is 0 Å². The summed E-state index contributed by atoms with van der Waals surface area (Å²) in [5, 5.41) is 0. The minimum Gasteiger partial charge on any atom is -0.481 e. The number of carbonyl (C=O) groups is 2. The summed E-state index contributed by atoms with van der Waals surface area (Å²) in [7, 11) is -3.34. The third-order valence-corrected chi connectivity index (χ3v) is 7.20. The fourth-order valence-corrected chi connectivity index (χ4v) is 5.81. The van der Waals surface area contributed by atoms with E-state index in [1.807, 2.05) is 0 Å². The first-order chi connectivity index (χ1) is 13.3. The lowest BCUT2D eigenvalue weighted by atomic mass is 9.81. The molecule has 1 aliphatic heterocycles. The molecule has 29 heavy (non-hydrogen) atoms. The van der Waals surface area contributed by atoms with Gasteiger partial charge in [-0.1, -0.05) is 0 Å². The number of ether oxygens (including phenoxy) is 1. The van der Waals surface area contributed by atoms with Crippen LogP contribution in [-0.4, -0.2) is 48.9 Å². The Labute approximate surface area is 165 Å². The van der Waals surface area contributed by atoms with E-state index in [4.69, 9.17) is 10.5 Å². The van der Waals surface area contributed by atoms with Crippen molar-refractivity contribution in [3.63, 3.8) is 0 Å². The van der Waals surface area contributed by atoms with Crippen LogP contribution < -0.4 is 10.5 Å². The molecule has 160 valence electrons. The summed E-state index contributed by atoms with van der Waals surface area (Å²) in [5.41, 5.74) is 4.46. The van der Waals surface area contributed by atoms with E-state index in [-0.39, 0.29) is 41.7 Å². The Hall–Kier alpha value is -2.17. The molecule has 1 amide bonds. The Balaban J connectivity index is 1.83. The van der Waals surface area contributed by atoms with Crippen LogP contribution in [0.5, 0.6) is 5.75 Å². The van der Waals surface area contributed by atoms with Crippen molar-refractivity contribution in [1.82, 2.24) is 4.98 Å². The first kappa shape index (κ1) is 21.5. The molecule has 2 N–H and O–H groups in total. The van der Waals surface area contributed by atoms with Gasteiger partial charge in [0.15, 0.2) is 21.7 Å². The number of alkyl halides is 3. The molecule has 2 heterocycles. The quantitative estimate of drug-likeness (QED) is 0.627. The zero-order valence-corrected chi connectivity index (χ0v) is 16.5. The van der Waals surface area contributed by atoms with Gasteiger partial charge in [-0.2, -0.15) is 13.2 Å². The number of primary amides is 1. The van der Waals surface area contributed by atoms with Gasteiger partial charge in [0.2, 0.25) is 5.91 Å². The number of nitrogens with two attached hydrogens (primary N) is 1. The van der Waals surface area contributed by atoms with Crippen LogP contribution in [0.4, 0.5) is 13.2 Å². The van der Waals surface area contributed by atoms with Gasteiger partial charge >= 0.3 is 6.18 Å². The van der Waals surface area contributed by atoms with Gasteiger partial charge < -0.3 is 10.5 Å². The number of halogens is 3. The predicted octanol–water partition coefficient (Wildman–Crippen LogP) is 2.15. The molecule has 1 aromatic rings. The average Bonchev–Trinajstić information content (AvgIpc) is 3.35. The number of rotatable bonds is 8. The first-order valence-electron chi connectivity index (χ1n) is 9.05. The van der Waals surface area contributed by atoms with E-state index in [9.17, 15) is 31.2 Å². The molecule has 0 radical (unpaired) electrons. The van der Waals surface area contributed by atoms with Crippen molar-refractivity contribution >= 4 is 21.5 Å². The number of sulfone groups is 1. The molecule has 11 heteroatoms. The van der Waals surface area contributed by atoms with Crippen molar-refractivity contribution in [2.45, 2.75) is 50.8 Å². The van der Waals surface area contributed by atoms with Gasteiger partial charge in [-0.25, -0.2) is 8.42 Å². The number of carbonyl (C=O) groups excluding carboxylic acids is 2. The zero-order valence-electron chi connectivity index (χ0n) is 15.7. The van der Waals surface area contributed by atoms with Crippen molar-refractivity contribution in [3.05, 3.63) is 23.5 Å². The number of hydrogen-bond donors (Lipinski definition) is 1. The lowest BCUT2D eigenvalue weighted by Crippen LogP contribution is -2.51. The molecule has 0 spiro atoms. The number of hydrogen-bond acceptors (Lipinski definition) is 6. The van der Waals surface area contributed by atoms with Gasteiger partial charge in [0, 0.05) is 36.1 Å². The molecular weight excluding hydrogens is 413 g/mol. The molecule has 2 aliphatic rings. The second-order valence-corrected chi connectivity index (χ2v) is 10.0. The maximum absolute atomic E-state index is 12.9.